The van der Waals surface area contributed by atoms with Crippen LogP contribution in [0.3, 0.4) is 0 Å². The summed E-state index contributed by atoms with van der Waals surface area (Å²) in [4.78, 5) is 4.68. The molecule has 0 spiro atoms. The maximum atomic E-state index is 11.5. The van der Waals surface area contributed by atoms with Gasteiger partial charge in [-0.2, -0.15) is 11.3 Å². The van der Waals surface area contributed by atoms with Crippen molar-refractivity contribution in [2.24, 2.45) is 0 Å². The lowest BCUT2D eigenvalue weighted by Gasteiger charge is -2.06. The number of benzene rings is 1. The van der Waals surface area contributed by atoms with Gasteiger partial charge in [-0.25, -0.2) is 8.42 Å². The van der Waals surface area contributed by atoms with Gasteiger partial charge in [0, 0.05) is 34.8 Å². The maximum Gasteiger partial charge on any atom is 0.175 e. The number of rotatable bonds is 3. The van der Waals surface area contributed by atoms with Crippen molar-refractivity contribution in [1.29, 1.82) is 0 Å². The van der Waals surface area contributed by atoms with E-state index in [1.165, 1.54) is 6.26 Å². The Balaban J connectivity index is 2.03. The second-order valence-electron chi connectivity index (χ2n) is 5.18. The highest BCUT2D eigenvalue weighted by Gasteiger charge is 2.11. The van der Waals surface area contributed by atoms with E-state index in [1.807, 2.05) is 31.3 Å². The van der Waals surface area contributed by atoms with Crippen molar-refractivity contribution in [3.05, 3.63) is 59.0 Å². The molecule has 0 radical (unpaired) electrons. The van der Waals surface area contributed by atoms with Crippen LogP contribution in [-0.2, 0) is 9.84 Å². The minimum absolute atomic E-state index is 0.338. The van der Waals surface area contributed by atoms with Gasteiger partial charge in [-0.3, -0.25) is 4.98 Å². The monoisotopic (exact) mass is 329 g/mol. The summed E-state index contributed by atoms with van der Waals surface area (Å²) < 4.78 is 23.1. The molecule has 0 atom stereocenters. The van der Waals surface area contributed by atoms with E-state index in [9.17, 15) is 8.42 Å². The predicted molar refractivity (Wildman–Crippen MR) is 90.8 cm³/mol. The van der Waals surface area contributed by atoms with Crippen LogP contribution < -0.4 is 0 Å². The zero-order valence-corrected chi connectivity index (χ0v) is 13.9. The molecule has 22 heavy (non-hydrogen) atoms. The van der Waals surface area contributed by atoms with E-state index in [0.717, 1.165) is 27.9 Å². The van der Waals surface area contributed by atoms with Gasteiger partial charge in [-0.15, -0.1) is 0 Å². The van der Waals surface area contributed by atoms with Gasteiger partial charge in [0.15, 0.2) is 9.84 Å². The molecule has 0 aliphatic rings. The van der Waals surface area contributed by atoms with E-state index in [4.69, 9.17) is 0 Å². The van der Waals surface area contributed by atoms with Crippen LogP contribution in [0, 0.1) is 6.92 Å². The van der Waals surface area contributed by atoms with E-state index in [2.05, 4.69) is 21.8 Å². The smallest absolute Gasteiger partial charge is 0.175 e. The molecule has 0 unspecified atom stereocenters. The molecule has 3 rings (SSSR count). The Morgan fingerprint density at radius 1 is 0.909 bits per heavy atom. The molecule has 0 aliphatic heterocycles. The van der Waals surface area contributed by atoms with Gasteiger partial charge >= 0.3 is 0 Å². The maximum absolute atomic E-state index is 11.5. The normalized spacial score (nSPS) is 11.5. The number of aromatic nitrogens is 1. The van der Waals surface area contributed by atoms with E-state index in [-0.39, 0.29) is 0 Å². The second-order valence-corrected chi connectivity index (χ2v) is 7.94. The molecule has 0 saturated heterocycles. The second kappa shape index (κ2) is 5.66. The van der Waals surface area contributed by atoms with Crippen LogP contribution in [0.15, 0.2) is 58.3 Å². The van der Waals surface area contributed by atoms with E-state index in [0.29, 0.717) is 4.90 Å². The van der Waals surface area contributed by atoms with Crippen molar-refractivity contribution < 1.29 is 8.42 Å². The molecule has 0 aliphatic carbocycles. The summed E-state index contributed by atoms with van der Waals surface area (Å²) in [6.45, 7) is 1.96. The Hall–Kier alpha value is -1.98. The SMILES string of the molecule is Cc1ccc(-c2cscc2-c2ccc(S(C)(=O)=O)cc2)cn1. The van der Waals surface area contributed by atoms with E-state index < -0.39 is 9.84 Å². The lowest BCUT2D eigenvalue weighted by Crippen LogP contribution is -1.96. The molecule has 2 heterocycles. The van der Waals surface area contributed by atoms with Gasteiger partial charge in [0.2, 0.25) is 0 Å². The Labute approximate surface area is 134 Å². The summed E-state index contributed by atoms with van der Waals surface area (Å²) in [6.07, 6.45) is 3.09. The van der Waals surface area contributed by atoms with E-state index in [1.54, 1.807) is 23.5 Å². The Kier molecular flexibility index (Phi) is 3.85. The molecule has 3 nitrogen and oxygen atoms in total. The van der Waals surface area contributed by atoms with Crippen molar-refractivity contribution in [3.8, 4) is 22.3 Å². The highest BCUT2D eigenvalue weighted by atomic mass is 32.2. The molecular formula is C17H15NO2S2. The average molecular weight is 329 g/mol. The number of aryl methyl sites for hydroxylation is 1. The Morgan fingerprint density at radius 3 is 2.05 bits per heavy atom. The molecule has 2 aromatic heterocycles. The molecule has 0 N–H and O–H groups in total. The Bertz CT molecular complexity index is 893. The van der Waals surface area contributed by atoms with Crippen LogP contribution in [0.1, 0.15) is 5.69 Å². The summed E-state index contributed by atoms with van der Waals surface area (Å²) >= 11 is 1.62. The topological polar surface area (TPSA) is 47.0 Å². The molecule has 0 amide bonds. The van der Waals surface area contributed by atoms with Crippen LogP contribution in [-0.4, -0.2) is 19.7 Å². The van der Waals surface area contributed by atoms with Crippen LogP contribution in [0.4, 0.5) is 0 Å². The van der Waals surface area contributed by atoms with Crippen molar-refractivity contribution in [1.82, 2.24) is 4.98 Å². The molecule has 0 bridgehead atoms. The van der Waals surface area contributed by atoms with E-state index >= 15 is 0 Å². The summed E-state index contributed by atoms with van der Waals surface area (Å²) in [5, 5.41) is 4.16. The van der Waals surface area contributed by atoms with Gasteiger partial charge < -0.3 is 0 Å². The quantitative estimate of drug-likeness (QED) is 0.724. The fraction of sp³-hybridized carbons (Fsp3) is 0.118. The number of thiophene rings is 1. The fourth-order valence-electron chi connectivity index (χ4n) is 2.25. The van der Waals surface area contributed by atoms with Crippen LogP contribution in [0.2, 0.25) is 0 Å². The first-order valence-electron chi connectivity index (χ1n) is 6.75. The molecule has 1 aromatic carbocycles. The first-order valence-corrected chi connectivity index (χ1v) is 9.58. The predicted octanol–water partition coefficient (Wildman–Crippen LogP) is 4.19. The fourth-order valence-corrected chi connectivity index (χ4v) is 3.75. The lowest BCUT2D eigenvalue weighted by atomic mass is 10.0. The average Bonchev–Trinajstić information content (AvgIpc) is 2.97. The largest absolute Gasteiger partial charge is 0.261 e. The van der Waals surface area contributed by atoms with Gasteiger partial charge in [-0.1, -0.05) is 18.2 Å². The number of hydrogen-bond donors (Lipinski definition) is 0. The minimum atomic E-state index is -3.16. The number of sulfone groups is 1. The summed E-state index contributed by atoms with van der Waals surface area (Å²) in [6, 6.07) is 11.1. The van der Waals surface area contributed by atoms with Crippen molar-refractivity contribution in [2.75, 3.05) is 6.26 Å². The zero-order chi connectivity index (χ0) is 15.7. The first kappa shape index (κ1) is 14.9. The highest BCUT2D eigenvalue weighted by Crippen LogP contribution is 2.35. The van der Waals surface area contributed by atoms with Crippen LogP contribution in [0.5, 0.6) is 0 Å². The lowest BCUT2D eigenvalue weighted by molar-refractivity contribution is 0.602. The van der Waals surface area contributed by atoms with Crippen molar-refractivity contribution >= 4 is 21.2 Å². The first-order chi connectivity index (χ1) is 10.4. The third-order valence-electron chi connectivity index (χ3n) is 3.48. The third kappa shape index (κ3) is 2.96. The summed E-state index contributed by atoms with van der Waals surface area (Å²) in [7, 11) is -3.16. The zero-order valence-electron chi connectivity index (χ0n) is 12.3. The molecule has 5 heteroatoms. The molecule has 0 saturated carbocycles. The van der Waals surface area contributed by atoms with Crippen molar-refractivity contribution in [2.45, 2.75) is 11.8 Å². The standard InChI is InChI=1S/C17H15NO2S2/c1-12-3-4-14(9-18-12)17-11-21-10-16(17)13-5-7-15(8-6-13)22(2,19)20/h3-11H,1-2H3. The minimum Gasteiger partial charge on any atom is -0.261 e. The van der Waals surface area contributed by atoms with Gasteiger partial charge in [0.1, 0.15) is 0 Å². The summed E-state index contributed by atoms with van der Waals surface area (Å²) in [5.41, 5.74) is 5.26. The number of hydrogen-bond acceptors (Lipinski definition) is 4. The third-order valence-corrected chi connectivity index (χ3v) is 5.35. The van der Waals surface area contributed by atoms with Gasteiger partial charge in [-0.05, 0) is 41.4 Å². The van der Waals surface area contributed by atoms with Gasteiger partial charge in [0.05, 0.1) is 4.90 Å². The van der Waals surface area contributed by atoms with Crippen molar-refractivity contribution in [3.63, 3.8) is 0 Å². The number of pyridine rings is 1. The Morgan fingerprint density at radius 2 is 1.50 bits per heavy atom. The molecule has 0 fully saturated rings. The number of nitrogens with zero attached hydrogens (tertiary/aromatic N) is 1. The molecule has 3 aromatic rings. The summed E-state index contributed by atoms with van der Waals surface area (Å²) in [5.74, 6) is 0. The molecular weight excluding hydrogens is 314 g/mol. The van der Waals surface area contributed by atoms with Crippen LogP contribution >= 0.6 is 11.3 Å². The highest BCUT2D eigenvalue weighted by molar-refractivity contribution is 7.90. The molecule has 112 valence electrons. The van der Waals surface area contributed by atoms with Crippen LogP contribution in [0.25, 0.3) is 22.3 Å². The van der Waals surface area contributed by atoms with Gasteiger partial charge in [0.25, 0.3) is 0 Å².